The standard InChI is InChI=1S/C13H10F3N3O/c14-13(15,16)12-9(8-17)2-1-3-11(12)19-6-4-10(18-19)5-7-20/h1-4,6,20H,5,7H2. The highest BCUT2D eigenvalue weighted by Crippen LogP contribution is 2.36. The van der Waals surface area contributed by atoms with Crippen LogP contribution in [0.5, 0.6) is 0 Å². The second kappa shape index (κ2) is 5.35. The molecule has 0 unspecified atom stereocenters. The van der Waals surface area contributed by atoms with E-state index in [1.165, 1.54) is 24.4 Å². The molecule has 4 nitrogen and oxygen atoms in total. The van der Waals surface area contributed by atoms with Gasteiger partial charge in [0.2, 0.25) is 0 Å². The van der Waals surface area contributed by atoms with Crippen LogP contribution >= 0.6 is 0 Å². The first kappa shape index (κ1) is 14.1. The molecule has 2 rings (SSSR count). The molecule has 1 aromatic carbocycles. The van der Waals surface area contributed by atoms with Gasteiger partial charge in [-0.15, -0.1) is 0 Å². The van der Waals surface area contributed by atoms with Crippen LogP contribution in [-0.4, -0.2) is 21.5 Å². The molecule has 0 saturated carbocycles. The molecule has 7 heteroatoms. The van der Waals surface area contributed by atoms with Crippen molar-refractivity contribution in [1.29, 1.82) is 5.26 Å². The fraction of sp³-hybridized carbons (Fsp3) is 0.231. The second-order valence-corrected chi connectivity index (χ2v) is 4.03. The molecule has 104 valence electrons. The highest BCUT2D eigenvalue weighted by molar-refractivity contribution is 5.52. The zero-order chi connectivity index (χ0) is 14.8. The number of rotatable bonds is 3. The number of nitriles is 1. The van der Waals surface area contributed by atoms with Crippen LogP contribution in [0, 0.1) is 11.3 Å². The van der Waals surface area contributed by atoms with Crippen molar-refractivity contribution in [3.05, 3.63) is 47.3 Å². The topological polar surface area (TPSA) is 61.8 Å². The Balaban J connectivity index is 2.59. The van der Waals surface area contributed by atoms with E-state index in [0.717, 1.165) is 10.7 Å². The van der Waals surface area contributed by atoms with Crippen molar-refractivity contribution in [3.8, 4) is 11.8 Å². The Morgan fingerprint density at radius 1 is 1.30 bits per heavy atom. The molecule has 0 bridgehead atoms. The average molecular weight is 281 g/mol. The molecule has 2 aromatic rings. The minimum atomic E-state index is -4.65. The van der Waals surface area contributed by atoms with Crippen molar-refractivity contribution in [2.24, 2.45) is 0 Å². The van der Waals surface area contributed by atoms with E-state index in [-0.39, 0.29) is 18.7 Å². The van der Waals surface area contributed by atoms with Gasteiger partial charge >= 0.3 is 6.18 Å². The Hall–Kier alpha value is -2.33. The maximum Gasteiger partial charge on any atom is 0.419 e. The van der Waals surface area contributed by atoms with Crippen LogP contribution in [0.2, 0.25) is 0 Å². The number of aliphatic hydroxyl groups is 1. The fourth-order valence-corrected chi connectivity index (χ4v) is 1.87. The first-order valence-electron chi connectivity index (χ1n) is 5.73. The minimum Gasteiger partial charge on any atom is -0.396 e. The number of nitrogens with zero attached hydrogens (tertiary/aromatic N) is 3. The summed E-state index contributed by atoms with van der Waals surface area (Å²) in [7, 11) is 0. The van der Waals surface area contributed by atoms with Gasteiger partial charge in [0.1, 0.15) is 0 Å². The molecule has 0 radical (unpaired) electrons. The minimum absolute atomic E-state index is 0.138. The summed E-state index contributed by atoms with van der Waals surface area (Å²) < 4.78 is 40.4. The van der Waals surface area contributed by atoms with Crippen LogP contribution in [0.1, 0.15) is 16.8 Å². The van der Waals surface area contributed by atoms with Gasteiger partial charge in [-0.1, -0.05) is 6.07 Å². The van der Waals surface area contributed by atoms with E-state index in [2.05, 4.69) is 5.10 Å². The smallest absolute Gasteiger partial charge is 0.396 e. The van der Waals surface area contributed by atoms with E-state index in [1.54, 1.807) is 6.07 Å². The zero-order valence-electron chi connectivity index (χ0n) is 10.2. The van der Waals surface area contributed by atoms with Crippen molar-refractivity contribution in [2.75, 3.05) is 6.61 Å². The number of alkyl halides is 3. The highest BCUT2D eigenvalue weighted by atomic mass is 19.4. The average Bonchev–Trinajstić information content (AvgIpc) is 2.85. The summed E-state index contributed by atoms with van der Waals surface area (Å²) in [5.74, 6) is 0. The van der Waals surface area contributed by atoms with Crippen LogP contribution in [0.3, 0.4) is 0 Å². The van der Waals surface area contributed by atoms with Gasteiger partial charge in [0.25, 0.3) is 0 Å². The first-order valence-corrected chi connectivity index (χ1v) is 5.73. The Morgan fingerprint density at radius 2 is 2.05 bits per heavy atom. The Bertz CT molecular complexity index is 656. The number of aromatic nitrogens is 2. The van der Waals surface area contributed by atoms with E-state index >= 15 is 0 Å². The number of hydrogen-bond donors (Lipinski definition) is 1. The highest BCUT2D eigenvalue weighted by Gasteiger charge is 2.37. The summed E-state index contributed by atoms with van der Waals surface area (Å²) in [6, 6.07) is 6.80. The third-order valence-corrected chi connectivity index (χ3v) is 2.71. The van der Waals surface area contributed by atoms with Gasteiger partial charge in [0.15, 0.2) is 0 Å². The summed E-state index contributed by atoms with van der Waals surface area (Å²) in [4.78, 5) is 0. The molecule has 1 aromatic heterocycles. The zero-order valence-corrected chi connectivity index (χ0v) is 10.2. The Labute approximate surface area is 112 Å². The van der Waals surface area contributed by atoms with Gasteiger partial charge in [-0.3, -0.25) is 0 Å². The molecule has 0 spiro atoms. The lowest BCUT2D eigenvalue weighted by atomic mass is 10.1. The van der Waals surface area contributed by atoms with E-state index in [0.29, 0.717) is 5.69 Å². The van der Waals surface area contributed by atoms with Crippen molar-refractivity contribution < 1.29 is 18.3 Å². The maximum absolute atomic E-state index is 13.1. The summed E-state index contributed by atoms with van der Waals surface area (Å²) >= 11 is 0. The SMILES string of the molecule is N#Cc1cccc(-n2ccc(CCO)n2)c1C(F)(F)F. The monoisotopic (exact) mass is 281 g/mol. The van der Waals surface area contributed by atoms with Crippen molar-refractivity contribution in [2.45, 2.75) is 12.6 Å². The number of halogens is 3. The molecule has 0 fully saturated rings. The molecule has 0 aliphatic carbocycles. The van der Waals surface area contributed by atoms with Crippen molar-refractivity contribution in [1.82, 2.24) is 9.78 Å². The van der Waals surface area contributed by atoms with Gasteiger partial charge in [-0.05, 0) is 18.2 Å². The van der Waals surface area contributed by atoms with E-state index < -0.39 is 17.3 Å². The second-order valence-electron chi connectivity index (χ2n) is 4.03. The number of aliphatic hydroxyl groups excluding tert-OH is 1. The number of hydrogen-bond acceptors (Lipinski definition) is 3. The van der Waals surface area contributed by atoms with Gasteiger partial charge in [-0.2, -0.15) is 23.5 Å². The molecule has 0 amide bonds. The lowest BCUT2D eigenvalue weighted by Crippen LogP contribution is -2.13. The van der Waals surface area contributed by atoms with Crippen molar-refractivity contribution in [3.63, 3.8) is 0 Å². The Kier molecular flexibility index (Phi) is 3.77. The lowest BCUT2D eigenvalue weighted by molar-refractivity contribution is -0.137. The fourth-order valence-electron chi connectivity index (χ4n) is 1.87. The van der Waals surface area contributed by atoms with E-state index in [9.17, 15) is 13.2 Å². The summed E-state index contributed by atoms with van der Waals surface area (Å²) in [6.07, 6.45) is -3.02. The molecule has 1 heterocycles. The van der Waals surface area contributed by atoms with Gasteiger partial charge in [-0.25, -0.2) is 4.68 Å². The quantitative estimate of drug-likeness (QED) is 0.939. The predicted octanol–water partition coefficient (Wildman–Crippen LogP) is 2.30. The number of benzene rings is 1. The van der Waals surface area contributed by atoms with Crippen LogP contribution in [-0.2, 0) is 12.6 Å². The largest absolute Gasteiger partial charge is 0.419 e. The van der Waals surface area contributed by atoms with Gasteiger partial charge in [0, 0.05) is 19.2 Å². The van der Waals surface area contributed by atoms with Gasteiger partial charge in [0.05, 0.1) is 28.6 Å². The molecular formula is C13H10F3N3O. The lowest BCUT2D eigenvalue weighted by Gasteiger charge is -2.14. The van der Waals surface area contributed by atoms with E-state index in [4.69, 9.17) is 10.4 Å². The van der Waals surface area contributed by atoms with Crippen LogP contribution in [0.15, 0.2) is 30.5 Å². The molecule has 0 aliphatic rings. The predicted molar refractivity (Wildman–Crippen MR) is 64.1 cm³/mol. The van der Waals surface area contributed by atoms with Crippen molar-refractivity contribution >= 4 is 0 Å². The summed E-state index contributed by atoms with van der Waals surface area (Å²) in [5.41, 5.74) is -1.20. The van der Waals surface area contributed by atoms with E-state index in [1.807, 2.05) is 0 Å². The maximum atomic E-state index is 13.1. The van der Waals surface area contributed by atoms with Gasteiger partial charge < -0.3 is 5.11 Å². The summed E-state index contributed by atoms with van der Waals surface area (Å²) in [5, 5.41) is 21.6. The summed E-state index contributed by atoms with van der Waals surface area (Å²) in [6.45, 7) is -0.138. The van der Waals surface area contributed by atoms with Crippen LogP contribution in [0.25, 0.3) is 5.69 Å². The molecule has 0 saturated heterocycles. The third kappa shape index (κ3) is 2.65. The van der Waals surface area contributed by atoms with Crippen LogP contribution in [0.4, 0.5) is 13.2 Å². The normalized spacial score (nSPS) is 11.3. The molecule has 0 aliphatic heterocycles. The van der Waals surface area contributed by atoms with Crippen LogP contribution < -0.4 is 0 Å². The molecule has 1 N–H and O–H groups in total. The molecular weight excluding hydrogens is 271 g/mol. The molecule has 0 atom stereocenters. The molecule has 20 heavy (non-hydrogen) atoms. The Morgan fingerprint density at radius 3 is 2.65 bits per heavy atom. The first-order chi connectivity index (χ1) is 9.47. The third-order valence-electron chi connectivity index (χ3n) is 2.71.